The van der Waals surface area contributed by atoms with Crippen LogP contribution >= 0.6 is 0 Å². The molecule has 2 heterocycles. The highest BCUT2D eigenvalue weighted by atomic mass is 15.2. The van der Waals surface area contributed by atoms with Crippen LogP contribution in [0.4, 0.5) is 11.6 Å². The first-order chi connectivity index (χ1) is 10.1. The molecule has 1 aromatic rings. The molecule has 118 valence electrons. The van der Waals surface area contributed by atoms with Crippen molar-refractivity contribution in [3.8, 4) is 0 Å². The quantitative estimate of drug-likeness (QED) is 0.844. The van der Waals surface area contributed by atoms with Crippen molar-refractivity contribution >= 4 is 11.6 Å². The Kier molecular flexibility index (Phi) is 5.79. The molecule has 1 saturated heterocycles. The summed E-state index contributed by atoms with van der Waals surface area (Å²) >= 11 is 0. The number of piperidine rings is 1. The van der Waals surface area contributed by atoms with Crippen molar-refractivity contribution in [2.24, 2.45) is 0 Å². The summed E-state index contributed by atoms with van der Waals surface area (Å²) in [6.07, 6.45) is 4.05. The van der Waals surface area contributed by atoms with Gasteiger partial charge in [-0.25, -0.2) is 9.97 Å². The molecule has 0 aliphatic carbocycles. The summed E-state index contributed by atoms with van der Waals surface area (Å²) in [6, 6.07) is 2.52. The van der Waals surface area contributed by atoms with E-state index >= 15 is 0 Å². The topological polar surface area (TPSA) is 53.1 Å². The number of nitrogens with zero attached hydrogens (tertiary/aromatic N) is 3. The standard InChI is InChI=1S/C16H29N5/c1-12(2)16-19-14(17-4)10-15(20-16)18-11-13(3)21-8-6-5-7-9-21/h10,12-13H,5-9,11H2,1-4H3,(H2,17,18,19,20). The molecule has 0 spiro atoms. The molecule has 1 aliphatic rings. The van der Waals surface area contributed by atoms with Gasteiger partial charge in [-0.15, -0.1) is 0 Å². The fourth-order valence-electron chi connectivity index (χ4n) is 2.68. The van der Waals surface area contributed by atoms with E-state index in [-0.39, 0.29) is 0 Å². The lowest BCUT2D eigenvalue weighted by Crippen LogP contribution is -2.41. The number of anilines is 2. The van der Waals surface area contributed by atoms with Crippen LogP contribution in [0, 0.1) is 0 Å². The van der Waals surface area contributed by atoms with E-state index in [1.165, 1.54) is 32.4 Å². The van der Waals surface area contributed by atoms with Gasteiger partial charge in [-0.2, -0.15) is 0 Å². The molecule has 2 rings (SSSR count). The first-order valence-corrected chi connectivity index (χ1v) is 8.14. The Bertz CT molecular complexity index is 440. The van der Waals surface area contributed by atoms with E-state index in [0.717, 1.165) is 24.0 Å². The van der Waals surface area contributed by atoms with Crippen molar-refractivity contribution in [3.05, 3.63) is 11.9 Å². The Morgan fingerprint density at radius 3 is 2.38 bits per heavy atom. The number of aromatic nitrogens is 2. The minimum Gasteiger partial charge on any atom is -0.373 e. The molecule has 1 fully saturated rings. The Hall–Kier alpha value is -1.36. The summed E-state index contributed by atoms with van der Waals surface area (Å²) in [5, 5.41) is 6.59. The molecule has 0 bridgehead atoms. The van der Waals surface area contributed by atoms with Crippen molar-refractivity contribution in [1.82, 2.24) is 14.9 Å². The van der Waals surface area contributed by atoms with Crippen molar-refractivity contribution in [2.45, 2.75) is 52.0 Å². The number of rotatable bonds is 6. The second-order valence-corrected chi connectivity index (χ2v) is 6.23. The SMILES string of the molecule is CNc1cc(NCC(C)N2CCCCC2)nc(C(C)C)n1. The molecule has 0 aromatic carbocycles. The number of hydrogen-bond donors (Lipinski definition) is 2. The predicted octanol–water partition coefficient (Wildman–Crippen LogP) is 2.93. The van der Waals surface area contributed by atoms with Crippen LogP contribution in [0.3, 0.4) is 0 Å². The Morgan fingerprint density at radius 2 is 1.76 bits per heavy atom. The van der Waals surface area contributed by atoms with Crippen LogP contribution in [-0.4, -0.2) is 47.6 Å². The summed E-state index contributed by atoms with van der Waals surface area (Å²) < 4.78 is 0. The Labute approximate surface area is 128 Å². The minimum atomic E-state index is 0.332. The van der Waals surface area contributed by atoms with E-state index in [0.29, 0.717) is 12.0 Å². The smallest absolute Gasteiger partial charge is 0.135 e. The van der Waals surface area contributed by atoms with Gasteiger partial charge in [0.05, 0.1) is 0 Å². The van der Waals surface area contributed by atoms with E-state index in [2.05, 4.69) is 46.3 Å². The zero-order valence-corrected chi connectivity index (χ0v) is 13.8. The van der Waals surface area contributed by atoms with Crippen LogP contribution in [0.5, 0.6) is 0 Å². The molecular weight excluding hydrogens is 262 g/mol. The molecule has 0 amide bonds. The maximum atomic E-state index is 4.62. The normalized spacial score (nSPS) is 17.8. The third kappa shape index (κ3) is 4.56. The molecule has 5 heteroatoms. The molecule has 1 unspecified atom stereocenters. The molecule has 1 aromatic heterocycles. The summed E-state index contributed by atoms with van der Waals surface area (Å²) in [5.41, 5.74) is 0. The van der Waals surface area contributed by atoms with Crippen LogP contribution in [-0.2, 0) is 0 Å². The maximum absolute atomic E-state index is 4.62. The average Bonchev–Trinajstić information content (AvgIpc) is 2.53. The van der Waals surface area contributed by atoms with Crippen LogP contribution in [0.2, 0.25) is 0 Å². The first-order valence-electron chi connectivity index (χ1n) is 8.14. The van der Waals surface area contributed by atoms with Crippen molar-refractivity contribution < 1.29 is 0 Å². The maximum Gasteiger partial charge on any atom is 0.135 e. The Balaban J connectivity index is 1.96. The third-order valence-corrected chi connectivity index (χ3v) is 4.11. The fourth-order valence-corrected chi connectivity index (χ4v) is 2.68. The Morgan fingerprint density at radius 1 is 1.10 bits per heavy atom. The van der Waals surface area contributed by atoms with Gasteiger partial charge in [0, 0.05) is 31.6 Å². The molecule has 2 N–H and O–H groups in total. The summed E-state index contributed by atoms with van der Waals surface area (Å²) in [7, 11) is 1.90. The van der Waals surface area contributed by atoms with Crippen molar-refractivity contribution in [2.75, 3.05) is 37.3 Å². The van der Waals surface area contributed by atoms with E-state index in [4.69, 9.17) is 0 Å². The molecule has 5 nitrogen and oxygen atoms in total. The third-order valence-electron chi connectivity index (χ3n) is 4.11. The molecule has 0 saturated carbocycles. The first kappa shape index (κ1) is 16.0. The van der Waals surface area contributed by atoms with Crippen LogP contribution in [0.25, 0.3) is 0 Å². The largest absolute Gasteiger partial charge is 0.373 e. The van der Waals surface area contributed by atoms with E-state index in [1.54, 1.807) is 0 Å². The highest BCUT2D eigenvalue weighted by Crippen LogP contribution is 2.17. The zero-order chi connectivity index (χ0) is 15.2. The summed E-state index contributed by atoms with van der Waals surface area (Å²) in [6.45, 7) is 9.92. The fraction of sp³-hybridized carbons (Fsp3) is 0.750. The van der Waals surface area contributed by atoms with Gasteiger partial charge >= 0.3 is 0 Å². The molecular formula is C16H29N5. The summed E-state index contributed by atoms with van der Waals surface area (Å²) in [5.74, 6) is 3.01. The van der Waals surface area contributed by atoms with Gasteiger partial charge in [0.1, 0.15) is 17.5 Å². The molecule has 21 heavy (non-hydrogen) atoms. The molecule has 1 atom stereocenters. The predicted molar refractivity (Wildman–Crippen MR) is 89.0 cm³/mol. The van der Waals surface area contributed by atoms with Crippen molar-refractivity contribution in [3.63, 3.8) is 0 Å². The highest BCUT2D eigenvalue weighted by molar-refractivity contribution is 5.47. The van der Waals surface area contributed by atoms with Crippen LogP contribution in [0.1, 0.15) is 51.8 Å². The van der Waals surface area contributed by atoms with Gasteiger partial charge in [0.15, 0.2) is 0 Å². The van der Waals surface area contributed by atoms with E-state index in [1.807, 2.05) is 13.1 Å². The van der Waals surface area contributed by atoms with E-state index in [9.17, 15) is 0 Å². The lowest BCUT2D eigenvalue weighted by Gasteiger charge is -2.32. The van der Waals surface area contributed by atoms with E-state index < -0.39 is 0 Å². The summed E-state index contributed by atoms with van der Waals surface area (Å²) in [4.78, 5) is 11.7. The zero-order valence-electron chi connectivity index (χ0n) is 13.8. The van der Waals surface area contributed by atoms with Gasteiger partial charge in [0.2, 0.25) is 0 Å². The molecule has 0 radical (unpaired) electrons. The van der Waals surface area contributed by atoms with Crippen LogP contribution in [0.15, 0.2) is 6.07 Å². The lowest BCUT2D eigenvalue weighted by molar-refractivity contribution is 0.180. The second-order valence-electron chi connectivity index (χ2n) is 6.23. The van der Waals surface area contributed by atoms with Gasteiger partial charge in [-0.3, -0.25) is 4.90 Å². The lowest BCUT2D eigenvalue weighted by atomic mass is 10.1. The highest BCUT2D eigenvalue weighted by Gasteiger charge is 2.16. The van der Waals surface area contributed by atoms with Crippen molar-refractivity contribution in [1.29, 1.82) is 0 Å². The number of hydrogen-bond acceptors (Lipinski definition) is 5. The van der Waals surface area contributed by atoms with Crippen LogP contribution < -0.4 is 10.6 Å². The number of likely N-dealkylation sites (tertiary alicyclic amines) is 1. The molecule has 1 aliphatic heterocycles. The van der Waals surface area contributed by atoms with Gasteiger partial charge in [0.25, 0.3) is 0 Å². The van der Waals surface area contributed by atoms with Gasteiger partial charge < -0.3 is 10.6 Å². The number of nitrogens with one attached hydrogen (secondary N) is 2. The van der Waals surface area contributed by atoms with Gasteiger partial charge in [-0.1, -0.05) is 20.3 Å². The monoisotopic (exact) mass is 291 g/mol. The van der Waals surface area contributed by atoms with Gasteiger partial charge in [-0.05, 0) is 32.9 Å². The average molecular weight is 291 g/mol. The second kappa shape index (κ2) is 7.59. The minimum absolute atomic E-state index is 0.332.